The van der Waals surface area contributed by atoms with Crippen molar-refractivity contribution in [3.63, 3.8) is 0 Å². The van der Waals surface area contributed by atoms with Crippen molar-refractivity contribution in [3.8, 4) is 5.69 Å². The summed E-state index contributed by atoms with van der Waals surface area (Å²) in [6, 6.07) is 6.96. The van der Waals surface area contributed by atoms with E-state index in [0.29, 0.717) is 25.2 Å². The van der Waals surface area contributed by atoms with Crippen LogP contribution < -0.4 is 0 Å². The highest BCUT2D eigenvalue weighted by atomic mass is 16.4. The summed E-state index contributed by atoms with van der Waals surface area (Å²) in [6.45, 7) is 1.92. The van der Waals surface area contributed by atoms with Gasteiger partial charge in [0, 0.05) is 37.7 Å². The third-order valence-electron chi connectivity index (χ3n) is 5.22. The van der Waals surface area contributed by atoms with Crippen LogP contribution in [0.2, 0.25) is 0 Å². The van der Waals surface area contributed by atoms with E-state index < -0.39 is 11.4 Å². The van der Waals surface area contributed by atoms with Crippen molar-refractivity contribution >= 4 is 11.9 Å². The summed E-state index contributed by atoms with van der Waals surface area (Å²) in [4.78, 5) is 28.3. The van der Waals surface area contributed by atoms with Crippen LogP contribution in [0.1, 0.15) is 10.4 Å². The SMILES string of the molecule is CN1C[C@H]2CN(C(=O)c3ccc(-n4cnnn4)cc3)C[C@@]2(C(=O)O)C1. The highest BCUT2D eigenvalue weighted by Crippen LogP contribution is 2.42. The fourth-order valence-corrected chi connectivity index (χ4v) is 3.99. The number of fused-ring (bicyclic) bond motifs is 1. The molecule has 0 unspecified atom stereocenters. The lowest BCUT2D eigenvalue weighted by molar-refractivity contribution is -0.148. The molecule has 9 heteroatoms. The van der Waals surface area contributed by atoms with Crippen LogP contribution in [0.15, 0.2) is 30.6 Å². The van der Waals surface area contributed by atoms with Gasteiger partial charge in [0.05, 0.1) is 5.69 Å². The molecule has 9 nitrogen and oxygen atoms in total. The van der Waals surface area contributed by atoms with E-state index in [1.54, 1.807) is 29.2 Å². The average molecular weight is 342 g/mol. The second-order valence-corrected chi connectivity index (χ2v) is 6.84. The van der Waals surface area contributed by atoms with Crippen LogP contribution in [-0.2, 0) is 4.79 Å². The van der Waals surface area contributed by atoms with Gasteiger partial charge in [-0.1, -0.05) is 0 Å². The van der Waals surface area contributed by atoms with E-state index >= 15 is 0 Å². The van der Waals surface area contributed by atoms with E-state index in [1.165, 1.54) is 11.0 Å². The minimum atomic E-state index is -0.850. The molecular formula is C16H18N6O3. The molecule has 2 atom stereocenters. The quantitative estimate of drug-likeness (QED) is 0.820. The van der Waals surface area contributed by atoms with Gasteiger partial charge in [0.2, 0.25) is 0 Å². The van der Waals surface area contributed by atoms with Crippen molar-refractivity contribution in [2.75, 3.05) is 33.2 Å². The summed E-state index contributed by atoms with van der Waals surface area (Å²) in [5, 5.41) is 20.7. The van der Waals surface area contributed by atoms with Crippen molar-refractivity contribution in [1.29, 1.82) is 0 Å². The topological polar surface area (TPSA) is 104 Å². The van der Waals surface area contributed by atoms with Gasteiger partial charge < -0.3 is 14.9 Å². The van der Waals surface area contributed by atoms with Gasteiger partial charge in [-0.3, -0.25) is 9.59 Å². The minimum Gasteiger partial charge on any atom is -0.481 e. The Morgan fingerprint density at radius 3 is 2.56 bits per heavy atom. The van der Waals surface area contributed by atoms with Gasteiger partial charge in [-0.15, -0.1) is 5.10 Å². The first-order chi connectivity index (χ1) is 12.0. The number of hydrogen-bond acceptors (Lipinski definition) is 6. The number of benzene rings is 1. The van der Waals surface area contributed by atoms with E-state index in [-0.39, 0.29) is 18.4 Å². The van der Waals surface area contributed by atoms with Crippen LogP contribution in [-0.4, -0.2) is 80.2 Å². The number of carbonyl (C=O) groups is 2. The summed E-state index contributed by atoms with van der Waals surface area (Å²) >= 11 is 0. The van der Waals surface area contributed by atoms with E-state index in [4.69, 9.17) is 0 Å². The second kappa shape index (κ2) is 5.62. The van der Waals surface area contributed by atoms with Crippen molar-refractivity contribution in [1.82, 2.24) is 30.0 Å². The molecule has 2 aromatic rings. The van der Waals surface area contributed by atoms with Gasteiger partial charge in [0.25, 0.3) is 5.91 Å². The molecule has 1 amide bonds. The number of carboxylic acids is 1. The number of carboxylic acid groups (broad SMARTS) is 1. The van der Waals surface area contributed by atoms with Crippen LogP contribution in [0.5, 0.6) is 0 Å². The van der Waals surface area contributed by atoms with Crippen LogP contribution in [0.25, 0.3) is 5.69 Å². The Morgan fingerprint density at radius 1 is 1.20 bits per heavy atom. The van der Waals surface area contributed by atoms with Gasteiger partial charge in [-0.05, 0) is 41.7 Å². The maximum absolute atomic E-state index is 12.8. The molecular weight excluding hydrogens is 324 g/mol. The number of hydrogen-bond donors (Lipinski definition) is 1. The molecule has 25 heavy (non-hydrogen) atoms. The zero-order valence-corrected chi connectivity index (χ0v) is 13.7. The molecule has 2 aliphatic rings. The van der Waals surface area contributed by atoms with Gasteiger partial charge in [0.1, 0.15) is 11.7 Å². The van der Waals surface area contributed by atoms with Gasteiger partial charge >= 0.3 is 5.97 Å². The van der Waals surface area contributed by atoms with Crippen LogP contribution in [0.4, 0.5) is 0 Å². The first-order valence-electron chi connectivity index (χ1n) is 8.04. The number of carbonyl (C=O) groups excluding carboxylic acids is 1. The van der Waals surface area contributed by atoms with Gasteiger partial charge in [-0.25, -0.2) is 4.68 Å². The lowest BCUT2D eigenvalue weighted by Gasteiger charge is -2.24. The average Bonchev–Trinajstić information content (AvgIpc) is 3.28. The Kier molecular flexibility index (Phi) is 3.53. The first kappa shape index (κ1) is 15.7. The number of aromatic nitrogens is 4. The lowest BCUT2D eigenvalue weighted by atomic mass is 9.81. The van der Waals surface area contributed by atoms with E-state index in [1.807, 2.05) is 11.9 Å². The van der Waals surface area contributed by atoms with E-state index in [0.717, 1.165) is 5.69 Å². The van der Waals surface area contributed by atoms with Crippen molar-refractivity contribution in [2.45, 2.75) is 0 Å². The standard InChI is InChI=1S/C16H18N6O3/c1-20-6-12-7-21(9-16(12,8-20)15(24)25)14(23)11-2-4-13(5-3-11)22-10-17-18-19-22/h2-5,10,12H,6-9H2,1H3,(H,24,25)/t12-,16-/m0/s1. The highest BCUT2D eigenvalue weighted by molar-refractivity contribution is 5.95. The van der Waals surface area contributed by atoms with Gasteiger partial charge in [0.15, 0.2) is 0 Å². The molecule has 1 aromatic heterocycles. The normalized spacial score (nSPS) is 26.0. The maximum atomic E-state index is 12.8. The van der Waals surface area contributed by atoms with Crippen molar-refractivity contribution in [2.24, 2.45) is 11.3 Å². The maximum Gasteiger partial charge on any atom is 0.313 e. The molecule has 1 N–H and O–H groups in total. The molecule has 1 aromatic carbocycles. The van der Waals surface area contributed by atoms with Gasteiger partial charge in [-0.2, -0.15) is 0 Å². The highest BCUT2D eigenvalue weighted by Gasteiger charge is 2.57. The Bertz CT molecular complexity index is 806. The molecule has 4 rings (SSSR count). The van der Waals surface area contributed by atoms with Crippen LogP contribution in [0, 0.1) is 11.3 Å². The van der Waals surface area contributed by atoms with Crippen LogP contribution in [0.3, 0.4) is 0 Å². The summed E-state index contributed by atoms with van der Waals surface area (Å²) in [7, 11) is 1.92. The summed E-state index contributed by atoms with van der Waals surface area (Å²) in [5.74, 6) is -0.980. The molecule has 0 aliphatic carbocycles. The molecule has 0 saturated carbocycles. The predicted molar refractivity (Wildman–Crippen MR) is 86.1 cm³/mol. The fraction of sp³-hybridized carbons (Fsp3) is 0.438. The largest absolute Gasteiger partial charge is 0.481 e. The fourth-order valence-electron chi connectivity index (χ4n) is 3.99. The van der Waals surface area contributed by atoms with Crippen molar-refractivity contribution in [3.05, 3.63) is 36.2 Å². The Balaban J connectivity index is 1.53. The number of rotatable bonds is 3. The van der Waals surface area contributed by atoms with E-state index in [9.17, 15) is 14.7 Å². The number of amides is 1. The minimum absolute atomic E-state index is 0.0283. The monoisotopic (exact) mass is 342 g/mol. The second-order valence-electron chi connectivity index (χ2n) is 6.84. The molecule has 130 valence electrons. The Hall–Kier alpha value is -2.81. The van der Waals surface area contributed by atoms with Crippen LogP contribution >= 0.6 is 0 Å². The predicted octanol–water partition coefficient (Wildman–Crippen LogP) is -0.249. The molecule has 2 aliphatic heterocycles. The first-order valence-corrected chi connectivity index (χ1v) is 8.04. The summed E-state index contributed by atoms with van der Waals surface area (Å²) in [5.41, 5.74) is 0.436. The smallest absolute Gasteiger partial charge is 0.313 e. The Morgan fingerprint density at radius 2 is 1.96 bits per heavy atom. The molecule has 2 fully saturated rings. The summed E-state index contributed by atoms with van der Waals surface area (Å²) < 4.78 is 1.50. The molecule has 3 heterocycles. The van der Waals surface area contributed by atoms with E-state index in [2.05, 4.69) is 15.5 Å². The zero-order valence-electron chi connectivity index (χ0n) is 13.7. The molecule has 0 radical (unpaired) electrons. The molecule has 2 saturated heterocycles. The number of aliphatic carboxylic acids is 1. The molecule has 0 bridgehead atoms. The summed E-state index contributed by atoms with van der Waals surface area (Å²) in [6.07, 6.45) is 1.48. The third-order valence-corrected chi connectivity index (χ3v) is 5.22. The third kappa shape index (κ3) is 2.47. The lowest BCUT2D eigenvalue weighted by Crippen LogP contribution is -2.41. The number of nitrogens with zero attached hydrogens (tertiary/aromatic N) is 6. The Labute approximate surface area is 143 Å². The van der Waals surface area contributed by atoms with Crippen molar-refractivity contribution < 1.29 is 14.7 Å². The molecule has 0 spiro atoms. The number of tetrazole rings is 1. The number of likely N-dealkylation sites (tertiary alicyclic amines) is 2. The zero-order chi connectivity index (χ0) is 17.6.